The summed E-state index contributed by atoms with van der Waals surface area (Å²) in [6, 6.07) is 25.8. The van der Waals surface area contributed by atoms with Gasteiger partial charge >= 0.3 is 5.97 Å². The van der Waals surface area contributed by atoms with E-state index in [1.807, 2.05) is 85.8 Å². The standard InChI is InChI=1S/C32H30N4O4/c1-20-29(30(37)28-19-36(35-33-28)18-22-9-5-3-6-10-22)31(40-34-20)27-17-25(21(2)39-32(38)24-13-14-24)15-16-26(27)23-11-7-4-8-12-23/h3-12,15-17,19,21,24,30,37H,13-14,18H2,1-2H3. The number of aryl methyl sites for hydroxylation is 1. The van der Waals surface area contributed by atoms with Crippen LogP contribution in [0.5, 0.6) is 0 Å². The first-order valence-corrected chi connectivity index (χ1v) is 13.5. The molecule has 0 aliphatic heterocycles. The van der Waals surface area contributed by atoms with Crippen LogP contribution in [0, 0.1) is 12.8 Å². The highest BCUT2D eigenvalue weighted by Crippen LogP contribution is 2.41. The molecule has 8 nitrogen and oxygen atoms in total. The third-order valence-corrected chi connectivity index (χ3v) is 7.25. The number of carbonyl (C=O) groups is 1. The van der Waals surface area contributed by atoms with Crippen LogP contribution < -0.4 is 0 Å². The zero-order valence-electron chi connectivity index (χ0n) is 22.4. The third-order valence-electron chi connectivity index (χ3n) is 7.25. The molecule has 3 aromatic carbocycles. The molecule has 2 aromatic heterocycles. The van der Waals surface area contributed by atoms with Crippen molar-refractivity contribution in [3.63, 3.8) is 0 Å². The molecular formula is C32H30N4O4. The number of rotatable bonds is 9. The average molecular weight is 535 g/mol. The van der Waals surface area contributed by atoms with Crippen LogP contribution in [0.4, 0.5) is 0 Å². The van der Waals surface area contributed by atoms with Crippen LogP contribution in [0.25, 0.3) is 22.5 Å². The molecule has 8 heteroatoms. The quantitative estimate of drug-likeness (QED) is 0.230. The lowest BCUT2D eigenvalue weighted by molar-refractivity contribution is -0.150. The molecule has 1 fully saturated rings. The first kappa shape index (κ1) is 25.7. The highest BCUT2D eigenvalue weighted by molar-refractivity contribution is 5.83. The lowest BCUT2D eigenvalue weighted by atomic mass is 9.91. The Kier molecular flexibility index (Phi) is 7.00. The molecule has 1 aliphatic rings. The Labute approximate surface area is 232 Å². The second kappa shape index (κ2) is 10.9. The summed E-state index contributed by atoms with van der Waals surface area (Å²) >= 11 is 0. The lowest BCUT2D eigenvalue weighted by Crippen LogP contribution is -2.10. The summed E-state index contributed by atoms with van der Waals surface area (Å²) in [5.41, 5.74) is 6.00. The number of benzene rings is 3. The fourth-order valence-corrected chi connectivity index (χ4v) is 4.86. The molecule has 0 bridgehead atoms. The highest BCUT2D eigenvalue weighted by atomic mass is 16.5. The van der Waals surface area contributed by atoms with Gasteiger partial charge in [0.05, 0.1) is 29.9 Å². The van der Waals surface area contributed by atoms with Gasteiger partial charge in [-0.25, -0.2) is 4.68 Å². The number of hydrogen-bond acceptors (Lipinski definition) is 7. The number of esters is 1. The molecular weight excluding hydrogens is 504 g/mol. The molecule has 0 saturated heterocycles. The molecule has 0 radical (unpaired) electrons. The van der Waals surface area contributed by atoms with Gasteiger partial charge in [0.25, 0.3) is 0 Å². The Bertz CT molecular complexity index is 1620. The van der Waals surface area contributed by atoms with E-state index in [9.17, 15) is 9.90 Å². The van der Waals surface area contributed by atoms with Crippen molar-refractivity contribution in [1.82, 2.24) is 20.2 Å². The Morgan fingerprint density at radius 1 is 1.05 bits per heavy atom. The zero-order chi connectivity index (χ0) is 27.6. The monoisotopic (exact) mass is 534 g/mol. The highest BCUT2D eigenvalue weighted by Gasteiger charge is 2.33. The van der Waals surface area contributed by atoms with E-state index in [0.29, 0.717) is 29.3 Å². The largest absolute Gasteiger partial charge is 0.458 e. The molecule has 1 aliphatic carbocycles. The first-order valence-electron chi connectivity index (χ1n) is 13.5. The van der Waals surface area contributed by atoms with Crippen LogP contribution in [-0.4, -0.2) is 31.2 Å². The van der Waals surface area contributed by atoms with Gasteiger partial charge in [0, 0.05) is 5.56 Å². The minimum absolute atomic E-state index is 0.0134. The average Bonchev–Trinajstić information content (AvgIpc) is 3.62. The van der Waals surface area contributed by atoms with Crippen LogP contribution in [-0.2, 0) is 16.1 Å². The fraction of sp³-hybridized carbons (Fsp3) is 0.250. The Morgan fingerprint density at radius 3 is 2.50 bits per heavy atom. The molecule has 0 amide bonds. The maximum Gasteiger partial charge on any atom is 0.309 e. The van der Waals surface area contributed by atoms with Gasteiger partial charge in [-0.1, -0.05) is 83.2 Å². The summed E-state index contributed by atoms with van der Waals surface area (Å²) in [6.45, 7) is 4.20. The maximum absolute atomic E-state index is 12.4. The molecule has 1 N–H and O–H groups in total. The van der Waals surface area contributed by atoms with Crippen molar-refractivity contribution < 1.29 is 19.2 Å². The van der Waals surface area contributed by atoms with Gasteiger partial charge in [0.15, 0.2) is 5.76 Å². The predicted molar refractivity (Wildman–Crippen MR) is 149 cm³/mol. The summed E-state index contributed by atoms with van der Waals surface area (Å²) in [6.07, 6.45) is 1.97. The Balaban J connectivity index is 1.37. The van der Waals surface area contributed by atoms with Crippen molar-refractivity contribution in [3.8, 4) is 22.5 Å². The lowest BCUT2D eigenvalue weighted by Gasteiger charge is -2.17. The van der Waals surface area contributed by atoms with E-state index in [2.05, 4.69) is 15.5 Å². The molecule has 2 heterocycles. The van der Waals surface area contributed by atoms with Crippen molar-refractivity contribution in [2.75, 3.05) is 0 Å². The van der Waals surface area contributed by atoms with Crippen molar-refractivity contribution >= 4 is 5.97 Å². The summed E-state index contributed by atoms with van der Waals surface area (Å²) in [5.74, 6) is 0.287. The smallest absolute Gasteiger partial charge is 0.309 e. The molecule has 5 aromatic rings. The first-order chi connectivity index (χ1) is 19.5. The minimum Gasteiger partial charge on any atom is -0.458 e. The van der Waals surface area contributed by atoms with Crippen LogP contribution >= 0.6 is 0 Å². The van der Waals surface area contributed by atoms with E-state index >= 15 is 0 Å². The van der Waals surface area contributed by atoms with E-state index < -0.39 is 12.2 Å². The van der Waals surface area contributed by atoms with Crippen molar-refractivity contribution in [1.29, 1.82) is 0 Å². The van der Waals surface area contributed by atoms with Crippen LogP contribution in [0.3, 0.4) is 0 Å². The molecule has 40 heavy (non-hydrogen) atoms. The van der Waals surface area contributed by atoms with Gasteiger partial charge in [-0.05, 0) is 55.0 Å². The molecule has 202 valence electrons. The second-order valence-electron chi connectivity index (χ2n) is 10.3. The minimum atomic E-state index is -1.11. The summed E-state index contributed by atoms with van der Waals surface area (Å²) in [5, 5.41) is 24.2. The van der Waals surface area contributed by atoms with Gasteiger partial charge in [-0.2, -0.15) is 0 Å². The molecule has 2 unspecified atom stereocenters. The van der Waals surface area contributed by atoms with E-state index in [4.69, 9.17) is 9.26 Å². The van der Waals surface area contributed by atoms with E-state index in [1.54, 1.807) is 17.8 Å². The second-order valence-corrected chi connectivity index (χ2v) is 10.3. The summed E-state index contributed by atoms with van der Waals surface area (Å²) in [4.78, 5) is 12.4. The SMILES string of the molecule is Cc1noc(-c2cc(C(C)OC(=O)C3CC3)ccc2-c2ccccc2)c1C(O)c1cn(Cc2ccccc2)nn1. The van der Waals surface area contributed by atoms with E-state index in [1.165, 1.54) is 0 Å². The number of aromatic nitrogens is 4. The molecule has 2 atom stereocenters. The van der Waals surface area contributed by atoms with E-state index in [0.717, 1.165) is 40.7 Å². The van der Waals surface area contributed by atoms with Crippen molar-refractivity contribution in [3.05, 3.63) is 113 Å². The number of carbonyl (C=O) groups excluding carboxylic acids is 1. The van der Waals surface area contributed by atoms with Crippen LogP contribution in [0.1, 0.15) is 60.1 Å². The van der Waals surface area contributed by atoms with Gasteiger partial charge in [0.2, 0.25) is 0 Å². The number of hydrogen-bond donors (Lipinski definition) is 1. The molecule has 6 rings (SSSR count). The number of aliphatic hydroxyl groups is 1. The van der Waals surface area contributed by atoms with Gasteiger partial charge in [0.1, 0.15) is 17.9 Å². The molecule has 0 spiro atoms. The fourth-order valence-electron chi connectivity index (χ4n) is 4.86. The van der Waals surface area contributed by atoms with E-state index in [-0.39, 0.29) is 11.9 Å². The Morgan fingerprint density at radius 2 is 1.77 bits per heavy atom. The van der Waals surface area contributed by atoms with Crippen molar-refractivity contribution in [2.45, 2.75) is 45.4 Å². The van der Waals surface area contributed by atoms with Gasteiger partial charge < -0.3 is 14.4 Å². The van der Waals surface area contributed by atoms with Gasteiger partial charge in [-0.15, -0.1) is 5.10 Å². The normalized spacial score (nSPS) is 14.6. The third kappa shape index (κ3) is 5.31. The van der Waals surface area contributed by atoms with Crippen molar-refractivity contribution in [2.24, 2.45) is 5.92 Å². The Hall–Kier alpha value is -4.56. The number of aliphatic hydroxyl groups excluding tert-OH is 1. The maximum atomic E-state index is 12.4. The zero-order valence-corrected chi connectivity index (χ0v) is 22.4. The summed E-state index contributed by atoms with van der Waals surface area (Å²) < 4.78 is 13.3. The van der Waals surface area contributed by atoms with Crippen LogP contribution in [0.15, 0.2) is 89.6 Å². The number of nitrogens with zero attached hydrogens (tertiary/aromatic N) is 4. The number of ether oxygens (including phenoxy) is 1. The van der Waals surface area contributed by atoms with Gasteiger partial charge in [-0.3, -0.25) is 4.79 Å². The summed E-state index contributed by atoms with van der Waals surface area (Å²) in [7, 11) is 0. The van der Waals surface area contributed by atoms with Crippen LogP contribution in [0.2, 0.25) is 0 Å². The molecule has 1 saturated carbocycles. The topological polar surface area (TPSA) is 103 Å². The predicted octanol–water partition coefficient (Wildman–Crippen LogP) is 6.05.